The molecule has 0 aliphatic carbocycles. The predicted octanol–water partition coefficient (Wildman–Crippen LogP) is 2.70. The molecule has 1 heterocycles. The average Bonchev–Trinajstić information content (AvgIpc) is 2.60. The van der Waals surface area contributed by atoms with E-state index in [2.05, 4.69) is 62.7 Å². The third kappa shape index (κ3) is 5.19. The van der Waals surface area contributed by atoms with Crippen LogP contribution in [0.25, 0.3) is 0 Å². The van der Waals surface area contributed by atoms with Crippen LogP contribution in [0.4, 0.5) is 0 Å². The van der Waals surface area contributed by atoms with Crippen molar-refractivity contribution in [3.05, 3.63) is 34.3 Å². The molecule has 0 radical (unpaired) electrons. The molecule has 2 rings (SSSR count). The van der Waals surface area contributed by atoms with E-state index in [0.717, 1.165) is 43.0 Å². The van der Waals surface area contributed by atoms with Crippen LogP contribution in [0, 0.1) is 0 Å². The van der Waals surface area contributed by atoms with Gasteiger partial charge in [0.2, 0.25) is 0 Å². The third-order valence-corrected chi connectivity index (χ3v) is 5.05. The number of hydrogen-bond donors (Lipinski definition) is 2. The summed E-state index contributed by atoms with van der Waals surface area (Å²) >= 11 is 3.52. The first-order chi connectivity index (χ1) is 11.6. The normalized spacial score (nSPS) is 18.9. The molecule has 1 aliphatic rings. The van der Waals surface area contributed by atoms with Gasteiger partial charge in [-0.25, -0.2) is 0 Å². The Morgan fingerprint density at radius 3 is 2.58 bits per heavy atom. The van der Waals surface area contributed by atoms with Crippen LogP contribution in [0.2, 0.25) is 0 Å². The van der Waals surface area contributed by atoms with Crippen molar-refractivity contribution in [2.45, 2.75) is 31.2 Å². The molecule has 0 bridgehead atoms. The van der Waals surface area contributed by atoms with Gasteiger partial charge in [-0.1, -0.05) is 28.1 Å². The summed E-state index contributed by atoms with van der Waals surface area (Å²) < 4.78 is 11.9. The minimum absolute atomic E-state index is 0.0705. The topological polar surface area (TPSA) is 54.9 Å². The second kappa shape index (κ2) is 9.39. The van der Waals surface area contributed by atoms with Crippen molar-refractivity contribution in [1.82, 2.24) is 10.6 Å². The lowest BCUT2D eigenvalue weighted by atomic mass is 9.74. The van der Waals surface area contributed by atoms with Crippen molar-refractivity contribution < 1.29 is 9.47 Å². The highest BCUT2D eigenvalue weighted by Crippen LogP contribution is 2.34. The molecule has 0 amide bonds. The first kappa shape index (κ1) is 19.2. The zero-order chi connectivity index (χ0) is 17.4. The van der Waals surface area contributed by atoms with Crippen LogP contribution in [-0.4, -0.2) is 52.5 Å². The smallest absolute Gasteiger partial charge is 0.191 e. The van der Waals surface area contributed by atoms with Crippen molar-refractivity contribution >= 4 is 21.9 Å². The Kier molecular flexibility index (Phi) is 7.52. The Morgan fingerprint density at radius 1 is 1.33 bits per heavy atom. The molecule has 0 aromatic heterocycles. The number of rotatable bonds is 6. The third-order valence-electron chi connectivity index (χ3n) is 4.52. The van der Waals surface area contributed by atoms with Gasteiger partial charge in [-0.05, 0) is 37.5 Å². The highest BCUT2D eigenvalue weighted by molar-refractivity contribution is 9.10. The first-order valence-electron chi connectivity index (χ1n) is 8.39. The van der Waals surface area contributed by atoms with E-state index in [1.165, 1.54) is 5.56 Å². The second-order valence-electron chi connectivity index (χ2n) is 6.33. The molecule has 134 valence electrons. The Bertz CT molecular complexity index is 528. The molecule has 1 saturated heterocycles. The van der Waals surface area contributed by atoms with Crippen molar-refractivity contribution in [2.24, 2.45) is 4.99 Å². The summed E-state index contributed by atoms with van der Waals surface area (Å²) in [4.78, 5) is 4.33. The number of aliphatic imine (C=N–C) groups is 1. The van der Waals surface area contributed by atoms with Gasteiger partial charge in [0, 0.05) is 49.8 Å². The standard InChI is InChI=1S/C18H28BrN3O2/c1-14(12-23-3)22-17(20-2)21-13-18(8-10-24-11-9-18)15-4-6-16(19)7-5-15/h4-7,14H,8-13H2,1-3H3,(H2,20,21,22). The summed E-state index contributed by atoms with van der Waals surface area (Å²) in [5.41, 5.74) is 1.42. The molecule has 1 aliphatic heterocycles. The van der Waals surface area contributed by atoms with E-state index in [-0.39, 0.29) is 11.5 Å². The minimum Gasteiger partial charge on any atom is -0.383 e. The Labute approximate surface area is 153 Å². The van der Waals surface area contributed by atoms with E-state index >= 15 is 0 Å². The summed E-state index contributed by atoms with van der Waals surface area (Å²) in [5, 5.41) is 6.86. The van der Waals surface area contributed by atoms with Crippen molar-refractivity contribution in [3.8, 4) is 0 Å². The molecule has 1 aromatic carbocycles. The number of benzene rings is 1. The van der Waals surface area contributed by atoms with Gasteiger partial charge in [0.25, 0.3) is 0 Å². The monoisotopic (exact) mass is 397 g/mol. The molecule has 24 heavy (non-hydrogen) atoms. The summed E-state index contributed by atoms with van der Waals surface area (Å²) in [6.07, 6.45) is 2.01. The molecule has 1 fully saturated rings. The number of guanidine groups is 1. The molecule has 1 atom stereocenters. The summed E-state index contributed by atoms with van der Waals surface area (Å²) in [5.74, 6) is 0.808. The highest BCUT2D eigenvalue weighted by atomic mass is 79.9. The molecular weight excluding hydrogens is 370 g/mol. The fourth-order valence-electron chi connectivity index (χ4n) is 3.11. The maximum atomic E-state index is 5.60. The second-order valence-corrected chi connectivity index (χ2v) is 7.24. The van der Waals surface area contributed by atoms with Gasteiger partial charge in [-0.15, -0.1) is 0 Å². The number of nitrogens with zero attached hydrogens (tertiary/aromatic N) is 1. The number of halogens is 1. The van der Waals surface area contributed by atoms with Crippen LogP contribution in [0.5, 0.6) is 0 Å². The Balaban J connectivity index is 2.07. The lowest BCUT2D eigenvalue weighted by Crippen LogP contribution is -2.50. The van der Waals surface area contributed by atoms with Crippen molar-refractivity contribution in [2.75, 3.05) is 40.5 Å². The maximum absolute atomic E-state index is 5.60. The van der Waals surface area contributed by atoms with Gasteiger partial charge in [-0.2, -0.15) is 0 Å². The van der Waals surface area contributed by atoms with Crippen LogP contribution in [0.1, 0.15) is 25.3 Å². The Hall–Kier alpha value is -1.11. The molecule has 1 aromatic rings. The van der Waals surface area contributed by atoms with E-state index in [4.69, 9.17) is 9.47 Å². The number of methoxy groups -OCH3 is 1. The zero-order valence-corrected chi connectivity index (χ0v) is 16.4. The van der Waals surface area contributed by atoms with Gasteiger partial charge in [-0.3, -0.25) is 4.99 Å². The van der Waals surface area contributed by atoms with Crippen LogP contribution < -0.4 is 10.6 Å². The van der Waals surface area contributed by atoms with E-state index in [0.29, 0.717) is 6.61 Å². The predicted molar refractivity (Wildman–Crippen MR) is 102 cm³/mol. The number of ether oxygens (including phenoxy) is 2. The lowest BCUT2D eigenvalue weighted by molar-refractivity contribution is 0.0513. The van der Waals surface area contributed by atoms with E-state index in [1.54, 1.807) is 14.2 Å². The number of nitrogens with one attached hydrogen (secondary N) is 2. The van der Waals surface area contributed by atoms with Gasteiger partial charge >= 0.3 is 0 Å². The lowest BCUT2D eigenvalue weighted by Gasteiger charge is -2.38. The summed E-state index contributed by atoms with van der Waals surface area (Å²) in [7, 11) is 3.50. The molecule has 6 heteroatoms. The van der Waals surface area contributed by atoms with E-state index < -0.39 is 0 Å². The average molecular weight is 398 g/mol. The van der Waals surface area contributed by atoms with Crippen molar-refractivity contribution in [3.63, 3.8) is 0 Å². The van der Waals surface area contributed by atoms with E-state index in [1.807, 2.05) is 0 Å². The molecule has 2 N–H and O–H groups in total. The van der Waals surface area contributed by atoms with E-state index in [9.17, 15) is 0 Å². The maximum Gasteiger partial charge on any atom is 0.191 e. The van der Waals surface area contributed by atoms with Gasteiger partial charge < -0.3 is 20.1 Å². The van der Waals surface area contributed by atoms with Crippen molar-refractivity contribution in [1.29, 1.82) is 0 Å². The summed E-state index contributed by atoms with van der Waals surface area (Å²) in [6.45, 7) is 5.15. The van der Waals surface area contributed by atoms with Gasteiger partial charge in [0.15, 0.2) is 5.96 Å². The fraction of sp³-hybridized carbons (Fsp3) is 0.611. The molecule has 0 saturated carbocycles. The molecular formula is C18H28BrN3O2. The van der Waals surface area contributed by atoms with Crippen LogP contribution in [-0.2, 0) is 14.9 Å². The fourth-order valence-corrected chi connectivity index (χ4v) is 3.37. The van der Waals surface area contributed by atoms with Crippen LogP contribution in [0.3, 0.4) is 0 Å². The highest BCUT2D eigenvalue weighted by Gasteiger charge is 2.34. The van der Waals surface area contributed by atoms with Crippen LogP contribution >= 0.6 is 15.9 Å². The van der Waals surface area contributed by atoms with Gasteiger partial charge in [0.05, 0.1) is 6.61 Å². The largest absolute Gasteiger partial charge is 0.383 e. The minimum atomic E-state index is 0.0705. The van der Waals surface area contributed by atoms with Crippen LogP contribution in [0.15, 0.2) is 33.7 Å². The zero-order valence-electron chi connectivity index (χ0n) is 14.8. The first-order valence-corrected chi connectivity index (χ1v) is 9.19. The Morgan fingerprint density at radius 2 is 2.00 bits per heavy atom. The number of hydrogen-bond acceptors (Lipinski definition) is 3. The molecule has 1 unspecified atom stereocenters. The molecule has 0 spiro atoms. The SMILES string of the molecule is CN=C(NCC1(c2ccc(Br)cc2)CCOCC1)NC(C)COC. The molecule has 5 nitrogen and oxygen atoms in total. The van der Waals surface area contributed by atoms with Gasteiger partial charge in [0.1, 0.15) is 0 Å². The quantitative estimate of drug-likeness (QED) is 0.572. The summed E-state index contributed by atoms with van der Waals surface area (Å²) in [6, 6.07) is 8.85.